The molecule has 3 N–H and O–H groups in total. The number of amides is 1. The Hall–Kier alpha value is -3.19. The molecule has 0 aromatic heterocycles. The standard InChI is InChI=1S/C27H35N3O8S/c1-3-18(2)30(39(34,35)21-11-9-20(31)10-12-21)16-24(29-33)23(15-19-7-5-4-6-8-19)28-27(32)38-25-17-37-26-22(25)13-14-36-26/h4-12,18,22-23,25-26,31,33H,3,13-17H2,1-2H3,(H,28,32)/b29-24-/t18?,22-,23-,25-,26+/m0/s1. The number of hydrogen-bond acceptors (Lipinski definition) is 9. The molecule has 4 rings (SSSR count). The highest BCUT2D eigenvalue weighted by Gasteiger charge is 2.44. The fourth-order valence-electron chi connectivity index (χ4n) is 4.77. The van der Waals surface area contributed by atoms with Gasteiger partial charge in [0.2, 0.25) is 10.0 Å². The van der Waals surface area contributed by atoms with Crippen LogP contribution in [0.3, 0.4) is 0 Å². The Bertz CT molecular complexity index is 1240. The highest BCUT2D eigenvalue weighted by molar-refractivity contribution is 7.89. The molecule has 1 unspecified atom stereocenters. The van der Waals surface area contributed by atoms with Crippen LogP contribution in [0.25, 0.3) is 0 Å². The molecule has 2 aliphatic heterocycles. The summed E-state index contributed by atoms with van der Waals surface area (Å²) >= 11 is 0. The summed E-state index contributed by atoms with van der Waals surface area (Å²) in [5.41, 5.74) is 0.886. The van der Waals surface area contributed by atoms with Gasteiger partial charge in [-0.05, 0) is 56.0 Å². The van der Waals surface area contributed by atoms with E-state index in [0.717, 1.165) is 12.0 Å². The first kappa shape index (κ1) is 28.8. The smallest absolute Gasteiger partial charge is 0.408 e. The monoisotopic (exact) mass is 561 g/mol. The first-order chi connectivity index (χ1) is 18.7. The van der Waals surface area contributed by atoms with Gasteiger partial charge in [-0.15, -0.1) is 0 Å². The van der Waals surface area contributed by atoms with Crippen molar-refractivity contribution in [3.63, 3.8) is 0 Å². The molecule has 2 aromatic rings. The Morgan fingerprint density at radius 3 is 2.56 bits per heavy atom. The quantitative estimate of drug-likeness (QED) is 0.215. The van der Waals surface area contributed by atoms with Crippen LogP contribution in [0.15, 0.2) is 64.6 Å². The molecule has 2 aromatic carbocycles. The molecule has 5 atom stereocenters. The Kier molecular flexibility index (Phi) is 9.44. The van der Waals surface area contributed by atoms with E-state index in [-0.39, 0.29) is 48.1 Å². The zero-order valence-corrected chi connectivity index (χ0v) is 22.8. The van der Waals surface area contributed by atoms with Gasteiger partial charge < -0.3 is 29.8 Å². The lowest BCUT2D eigenvalue weighted by atomic mass is 10.0. The largest absolute Gasteiger partial charge is 0.508 e. The van der Waals surface area contributed by atoms with Gasteiger partial charge in [0.15, 0.2) is 6.29 Å². The fraction of sp³-hybridized carbons (Fsp3) is 0.481. The molecule has 11 nitrogen and oxygen atoms in total. The summed E-state index contributed by atoms with van der Waals surface area (Å²) < 4.78 is 45.1. The van der Waals surface area contributed by atoms with Crippen molar-refractivity contribution in [3.05, 3.63) is 60.2 Å². The highest BCUT2D eigenvalue weighted by atomic mass is 32.2. The van der Waals surface area contributed by atoms with E-state index in [1.54, 1.807) is 6.92 Å². The second kappa shape index (κ2) is 12.8. The van der Waals surface area contributed by atoms with Gasteiger partial charge in [-0.3, -0.25) is 0 Å². The third kappa shape index (κ3) is 6.88. The maximum absolute atomic E-state index is 13.6. The molecule has 39 heavy (non-hydrogen) atoms. The Morgan fingerprint density at radius 1 is 1.18 bits per heavy atom. The number of fused-ring (bicyclic) bond motifs is 1. The summed E-state index contributed by atoms with van der Waals surface area (Å²) in [5, 5.41) is 25.9. The molecule has 1 amide bonds. The number of benzene rings is 2. The molecule has 2 aliphatic rings. The average Bonchev–Trinajstić information content (AvgIpc) is 3.54. The molecule has 0 saturated carbocycles. The van der Waals surface area contributed by atoms with Crippen LogP contribution in [-0.4, -0.2) is 79.1 Å². The normalized spacial score (nSPS) is 22.8. The van der Waals surface area contributed by atoms with E-state index in [1.807, 2.05) is 37.3 Å². The molecule has 2 fully saturated rings. The summed E-state index contributed by atoms with van der Waals surface area (Å²) in [5.74, 6) is -0.110. The molecule has 2 heterocycles. The van der Waals surface area contributed by atoms with Gasteiger partial charge in [0.05, 0.1) is 42.3 Å². The highest BCUT2D eigenvalue weighted by Crippen LogP contribution is 2.33. The van der Waals surface area contributed by atoms with Gasteiger partial charge in [-0.25, -0.2) is 13.2 Å². The lowest BCUT2D eigenvalue weighted by molar-refractivity contribution is -0.0907. The van der Waals surface area contributed by atoms with Gasteiger partial charge >= 0.3 is 6.09 Å². The van der Waals surface area contributed by atoms with Crippen LogP contribution in [0, 0.1) is 5.92 Å². The minimum Gasteiger partial charge on any atom is -0.508 e. The van der Waals surface area contributed by atoms with E-state index < -0.39 is 34.3 Å². The predicted molar refractivity (Wildman–Crippen MR) is 142 cm³/mol. The SMILES string of the molecule is CCC(C)N(C/C(=N/O)[C@H](Cc1ccccc1)NC(=O)O[C@H]1CO[C@H]2OCC[C@H]21)S(=O)(=O)c1ccc(O)cc1. The van der Waals surface area contributed by atoms with Gasteiger partial charge in [-0.1, -0.05) is 42.4 Å². The fourth-order valence-corrected chi connectivity index (χ4v) is 6.45. The summed E-state index contributed by atoms with van der Waals surface area (Å²) in [6, 6.07) is 13.2. The van der Waals surface area contributed by atoms with E-state index >= 15 is 0 Å². The minimum absolute atomic E-state index is 0.0144. The van der Waals surface area contributed by atoms with Crippen molar-refractivity contribution >= 4 is 21.8 Å². The Balaban J connectivity index is 1.57. The zero-order valence-electron chi connectivity index (χ0n) is 22.0. The van der Waals surface area contributed by atoms with Crippen LogP contribution < -0.4 is 5.32 Å². The van der Waals surface area contributed by atoms with E-state index in [0.29, 0.717) is 13.0 Å². The van der Waals surface area contributed by atoms with Crippen molar-refractivity contribution in [3.8, 4) is 5.75 Å². The molecule has 2 saturated heterocycles. The van der Waals surface area contributed by atoms with E-state index in [9.17, 15) is 23.5 Å². The third-order valence-corrected chi connectivity index (χ3v) is 9.17. The predicted octanol–water partition coefficient (Wildman–Crippen LogP) is 3.11. The lowest BCUT2D eigenvalue weighted by Crippen LogP contribution is -2.50. The zero-order chi connectivity index (χ0) is 28.0. The van der Waals surface area contributed by atoms with Crippen LogP contribution in [0.2, 0.25) is 0 Å². The van der Waals surface area contributed by atoms with Crippen molar-refractivity contribution in [1.29, 1.82) is 0 Å². The van der Waals surface area contributed by atoms with Crippen molar-refractivity contribution in [2.45, 2.75) is 62.5 Å². The summed E-state index contributed by atoms with van der Waals surface area (Å²) in [6.07, 6.45) is -0.143. The van der Waals surface area contributed by atoms with Crippen LogP contribution in [0.5, 0.6) is 5.75 Å². The van der Waals surface area contributed by atoms with E-state index in [2.05, 4.69) is 10.5 Å². The Morgan fingerprint density at radius 2 is 1.90 bits per heavy atom. The summed E-state index contributed by atoms with van der Waals surface area (Å²) in [4.78, 5) is 13.0. The summed E-state index contributed by atoms with van der Waals surface area (Å²) in [6.45, 7) is 4.08. The van der Waals surface area contributed by atoms with E-state index in [1.165, 1.54) is 28.6 Å². The molecule has 0 bridgehead atoms. The number of phenols is 1. The topological polar surface area (TPSA) is 147 Å². The van der Waals surface area contributed by atoms with Crippen molar-refractivity contribution in [2.24, 2.45) is 11.1 Å². The number of nitrogens with zero attached hydrogens (tertiary/aromatic N) is 2. The number of phenolic OH excluding ortho intramolecular Hbond substituents is 1. The number of sulfonamides is 1. The van der Waals surface area contributed by atoms with Crippen LogP contribution in [0.4, 0.5) is 4.79 Å². The molecule has 12 heteroatoms. The second-order valence-electron chi connectivity index (χ2n) is 9.75. The average molecular weight is 562 g/mol. The van der Waals surface area contributed by atoms with Gasteiger partial charge in [0, 0.05) is 6.04 Å². The molecular formula is C27H35N3O8S. The maximum Gasteiger partial charge on any atom is 0.408 e. The molecule has 212 valence electrons. The first-order valence-corrected chi connectivity index (χ1v) is 14.4. The number of ether oxygens (including phenoxy) is 3. The van der Waals surface area contributed by atoms with Crippen LogP contribution in [-0.2, 0) is 30.7 Å². The number of alkyl carbamates (subject to hydrolysis) is 1. The number of carbonyl (C=O) groups is 1. The lowest BCUT2D eigenvalue weighted by Gasteiger charge is -2.30. The number of rotatable bonds is 11. The van der Waals surface area contributed by atoms with Crippen molar-refractivity contribution in [1.82, 2.24) is 9.62 Å². The number of nitrogens with one attached hydrogen (secondary N) is 1. The maximum atomic E-state index is 13.6. The second-order valence-corrected chi connectivity index (χ2v) is 11.6. The molecule has 0 spiro atoms. The minimum atomic E-state index is -4.04. The molecule has 0 radical (unpaired) electrons. The van der Waals surface area contributed by atoms with Crippen LogP contribution >= 0.6 is 0 Å². The number of hydrogen-bond donors (Lipinski definition) is 3. The van der Waals surface area contributed by atoms with Crippen LogP contribution in [0.1, 0.15) is 32.3 Å². The number of aromatic hydroxyl groups is 1. The number of carbonyl (C=O) groups excluding carboxylic acids is 1. The van der Waals surface area contributed by atoms with Crippen molar-refractivity contribution < 1.29 is 37.7 Å². The van der Waals surface area contributed by atoms with Crippen molar-refractivity contribution in [2.75, 3.05) is 19.8 Å². The summed E-state index contributed by atoms with van der Waals surface area (Å²) in [7, 11) is -4.04. The van der Waals surface area contributed by atoms with E-state index in [4.69, 9.17) is 14.2 Å². The van der Waals surface area contributed by atoms with Gasteiger partial charge in [-0.2, -0.15) is 4.31 Å². The number of oxime groups is 1. The third-order valence-electron chi connectivity index (χ3n) is 7.19. The molecule has 0 aliphatic carbocycles. The molecular weight excluding hydrogens is 526 g/mol. The Labute approximate surface area is 228 Å². The van der Waals surface area contributed by atoms with Gasteiger partial charge in [0.25, 0.3) is 0 Å². The first-order valence-electron chi connectivity index (χ1n) is 13.0. The van der Waals surface area contributed by atoms with Gasteiger partial charge in [0.1, 0.15) is 11.9 Å².